The summed E-state index contributed by atoms with van der Waals surface area (Å²) in [6, 6.07) is -0.117. The third-order valence-corrected chi connectivity index (χ3v) is 2.90. The lowest BCUT2D eigenvalue weighted by Crippen LogP contribution is -2.46. The molecular weight excluding hydrogens is 303 g/mol. The Labute approximate surface area is 93.9 Å². The predicted octanol–water partition coefficient (Wildman–Crippen LogP) is 2.33. The lowest BCUT2D eigenvalue weighted by molar-refractivity contribution is -0.115. The fourth-order valence-corrected chi connectivity index (χ4v) is 2.07. The summed E-state index contributed by atoms with van der Waals surface area (Å²) in [5, 5.41) is 2.44. The summed E-state index contributed by atoms with van der Waals surface area (Å²) in [5.41, 5.74) is 0. The van der Waals surface area contributed by atoms with Gasteiger partial charge in [0, 0.05) is 6.21 Å². The molecule has 0 spiro atoms. The zero-order valence-electron chi connectivity index (χ0n) is 7.36. The zero-order valence-corrected chi connectivity index (χ0v) is 9.52. The minimum absolute atomic E-state index is 0.117. The van der Waals surface area contributed by atoms with E-state index < -0.39 is 6.55 Å². The van der Waals surface area contributed by atoms with Crippen molar-refractivity contribution in [2.45, 2.75) is 19.5 Å². The second-order valence-electron chi connectivity index (χ2n) is 3.00. The Kier molecular flexibility index (Phi) is 2.46. The fraction of sp³-hybridized carbons (Fsp3) is 0.375. The first-order chi connectivity index (χ1) is 6.61. The third-order valence-electron chi connectivity index (χ3n) is 2.05. The highest BCUT2D eigenvalue weighted by atomic mass is 127. The predicted molar refractivity (Wildman–Crippen MR) is 57.8 cm³/mol. The van der Waals surface area contributed by atoms with Crippen molar-refractivity contribution in [2.75, 3.05) is 0 Å². The molecule has 2 aliphatic heterocycles. The van der Waals surface area contributed by atoms with Gasteiger partial charge in [0.05, 0.1) is 6.04 Å². The summed E-state index contributed by atoms with van der Waals surface area (Å²) in [5.74, 6) is 0.568. The van der Waals surface area contributed by atoms with Gasteiger partial charge in [0.25, 0.3) is 0 Å². The van der Waals surface area contributed by atoms with Crippen molar-refractivity contribution < 1.29 is 8.78 Å². The van der Waals surface area contributed by atoms with E-state index in [-0.39, 0.29) is 6.04 Å². The quantitative estimate of drug-likeness (QED) is 0.547. The molecule has 0 bridgehead atoms. The van der Waals surface area contributed by atoms with Crippen LogP contribution in [0.2, 0.25) is 0 Å². The molecule has 0 aromatic rings. The summed E-state index contributed by atoms with van der Waals surface area (Å²) in [6.45, 7) is -0.708. The molecule has 2 aliphatic rings. The van der Waals surface area contributed by atoms with Crippen LogP contribution in [0.15, 0.2) is 26.7 Å². The van der Waals surface area contributed by atoms with Gasteiger partial charge < -0.3 is 0 Å². The number of hydrazine groups is 1. The van der Waals surface area contributed by atoms with Gasteiger partial charge >= 0.3 is 6.55 Å². The molecule has 0 fully saturated rings. The van der Waals surface area contributed by atoms with Crippen molar-refractivity contribution in [2.24, 2.45) is 4.99 Å². The van der Waals surface area contributed by atoms with Crippen LogP contribution in [0.1, 0.15) is 6.92 Å². The van der Waals surface area contributed by atoms with E-state index in [2.05, 4.69) is 4.99 Å². The van der Waals surface area contributed by atoms with Gasteiger partial charge in [0.15, 0.2) is 0 Å². The van der Waals surface area contributed by atoms with Crippen molar-refractivity contribution >= 4 is 28.8 Å². The highest BCUT2D eigenvalue weighted by Gasteiger charge is 2.34. The number of hydrogen-bond donors (Lipinski definition) is 0. The molecule has 1 unspecified atom stereocenters. The van der Waals surface area contributed by atoms with Crippen LogP contribution in [-0.4, -0.2) is 28.8 Å². The van der Waals surface area contributed by atoms with E-state index in [1.54, 1.807) is 18.4 Å². The van der Waals surface area contributed by atoms with Crippen LogP contribution < -0.4 is 0 Å². The summed E-state index contributed by atoms with van der Waals surface area (Å²) in [4.78, 5) is 4.04. The molecule has 0 aliphatic carbocycles. The van der Waals surface area contributed by atoms with E-state index in [0.717, 1.165) is 5.01 Å². The Morgan fingerprint density at radius 2 is 2.21 bits per heavy atom. The molecule has 76 valence electrons. The molecule has 14 heavy (non-hydrogen) atoms. The molecule has 2 heterocycles. The standard InChI is InChI=1S/C8H8F2IN3/c1-5-4-12-7-3-2-6(11)14(8(9)10)13(5)7/h2-5,8H,1H3. The van der Waals surface area contributed by atoms with E-state index in [9.17, 15) is 8.78 Å². The number of allylic oxidation sites excluding steroid dienone is 2. The first-order valence-electron chi connectivity index (χ1n) is 4.09. The second kappa shape index (κ2) is 3.48. The molecule has 0 N–H and O–H groups in total. The molecule has 0 saturated carbocycles. The number of halogens is 3. The average molecular weight is 311 g/mol. The Bertz CT molecular complexity index is 337. The first kappa shape index (κ1) is 9.88. The molecule has 0 amide bonds. The van der Waals surface area contributed by atoms with Gasteiger partial charge in [-0.15, -0.1) is 0 Å². The second-order valence-corrected chi connectivity index (χ2v) is 4.11. The summed E-state index contributed by atoms with van der Waals surface area (Å²) >= 11 is 1.89. The molecule has 6 heteroatoms. The number of aliphatic imine (C=N–C) groups is 1. The van der Waals surface area contributed by atoms with Crippen molar-refractivity contribution in [3.05, 3.63) is 21.7 Å². The first-order valence-corrected chi connectivity index (χ1v) is 5.17. The van der Waals surface area contributed by atoms with E-state index in [1.165, 1.54) is 5.01 Å². The smallest absolute Gasteiger partial charge is 0.255 e. The van der Waals surface area contributed by atoms with Crippen LogP contribution >= 0.6 is 22.6 Å². The lowest BCUT2D eigenvalue weighted by atomic mass is 10.3. The maximum atomic E-state index is 12.7. The van der Waals surface area contributed by atoms with Gasteiger partial charge in [-0.1, -0.05) is 0 Å². The van der Waals surface area contributed by atoms with Crippen LogP contribution in [-0.2, 0) is 0 Å². The highest BCUT2D eigenvalue weighted by Crippen LogP contribution is 2.32. The molecule has 3 nitrogen and oxygen atoms in total. The van der Waals surface area contributed by atoms with E-state index in [4.69, 9.17) is 0 Å². The Balaban J connectivity index is 2.35. The summed E-state index contributed by atoms with van der Waals surface area (Å²) in [7, 11) is 0. The average Bonchev–Trinajstić information content (AvgIpc) is 2.47. The van der Waals surface area contributed by atoms with Crippen LogP contribution in [0.3, 0.4) is 0 Å². The molecular formula is C8H8F2IN3. The molecule has 2 rings (SSSR count). The van der Waals surface area contributed by atoms with Crippen LogP contribution in [0, 0.1) is 0 Å². The Hall–Kier alpha value is -0.660. The fourth-order valence-electron chi connectivity index (χ4n) is 1.45. The largest absolute Gasteiger partial charge is 0.332 e. The van der Waals surface area contributed by atoms with Gasteiger partial charge in [0.1, 0.15) is 9.52 Å². The molecule has 0 radical (unpaired) electrons. The van der Waals surface area contributed by atoms with E-state index >= 15 is 0 Å². The normalized spacial score (nSPS) is 25.4. The number of rotatable bonds is 1. The van der Waals surface area contributed by atoms with Crippen LogP contribution in [0.25, 0.3) is 0 Å². The molecule has 0 saturated heterocycles. The lowest BCUT2D eigenvalue weighted by Gasteiger charge is -2.38. The summed E-state index contributed by atoms with van der Waals surface area (Å²) < 4.78 is 26.0. The van der Waals surface area contributed by atoms with Gasteiger partial charge in [-0.25, -0.2) is 10.0 Å². The number of hydrogen-bond acceptors (Lipinski definition) is 3. The van der Waals surface area contributed by atoms with Gasteiger partial charge in [-0.2, -0.15) is 8.78 Å². The molecule has 0 aromatic heterocycles. The minimum atomic E-state index is -2.54. The van der Waals surface area contributed by atoms with Gasteiger partial charge in [0.2, 0.25) is 0 Å². The zero-order chi connectivity index (χ0) is 10.3. The number of fused-ring (bicyclic) bond motifs is 1. The monoisotopic (exact) mass is 311 g/mol. The maximum absolute atomic E-state index is 12.7. The highest BCUT2D eigenvalue weighted by molar-refractivity contribution is 14.1. The van der Waals surface area contributed by atoms with Crippen molar-refractivity contribution in [3.63, 3.8) is 0 Å². The van der Waals surface area contributed by atoms with Crippen molar-refractivity contribution in [3.8, 4) is 0 Å². The topological polar surface area (TPSA) is 18.8 Å². The third kappa shape index (κ3) is 1.41. The number of nitrogens with zero attached hydrogens (tertiary/aromatic N) is 3. The van der Waals surface area contributed by atoms with Crippen LogP contribution in [0.4, 0.5) is 8.78 Å². The maximum Gasteiger partial charge on any atom is 0.332 e. The molecule has 0 aromatic carbocycles. The van der Waals surface area contributed by atoms with Crippen LogP contribution in [0.5, 0.6) is 0 Å². The molecule has 1 atom stereocenters. The summed E-state index contributed by atoms with van der Waals surface area (Å²) in [6.07, 6.45) is 5.03. The van der Waals surface area contributed by atoms with Crippen molar-refractivity contribution in [1.82, 2.24) is 10.0 Å². The number of alkyl halides is 2. The SMILES string of the molecule is CC1C=NC2=CC=C(I)N(C(F)F)N21. The van der Waals surface area contributed by atoms with Gasteiger partial charge in [-0.3, -0.25) is 5.01 Å². The Morgan fingerprint density at radius 1 is 1.50 bits per heavy atom. The van der Waals surface area contributed by atoms with E-state index in [0.29, 0.717) is 9.52 Å². The van der Waals surface area contributed by atoms with Crippen molar-refractivity contribution in [1.29, 1.82) is 0 Å². The van der Waals surface area contributed by atoms with E-state index in [1.807, 2.05) is 29.5 Å². The minimum Gasteiger partial charge on any atom is -0.255 e. The Morgan fingerprint density at radius 3 is 2.86 bits per heavy atom. The van der Waals surface area contributed by atoms with Gasteiger partial charge in [-0.05, 0) is 41.7 Å².